The molecule has 6 heteroatoms. The third kappa shape index (κ3) is 4.51. The fourth-order valence-corrected chi connectivity index (χ4v) is 2.10. The molecule has 0 bridgehead atoms. The van der Waals surface area contributed by atoms with Crippen molar-refractivity contribution in [3.05, 3.63) is 28.2 Å². The molecular formula is C10H13BrO4S. The molecule has 4 nitrogen and oxygen atoms in total. The third-order valence-corrected chi connectivity index (χ3v) is 3.26. The highest BCUT2D eigenvalue weighted by Crippen LogP contribution is 2.23. The van der Waals surface area contributed by atoms with Crippen LogP contribution in [0.25, 0.3) is 0 Å². The van der Waals surface area contributed by atoms with Gasteiger partial charge < -0.3 is 4.74 Å². The predicted octanol–water partition coefficient (Wildman–Crippen LogP) is 1.98. The summed E-state index contributed by atoms with van der Waals surface area (Å²) < 4.78 is 32.1. The molecule has 0 unspecified atom stereocenters. The molecule has 0 saturated heterocycles. The fourth-order valence-electron chi connectivity index (χ4n) is 1.16. The van der Waals surface area contributed by atoms with Gasteiger partial charge >= 0.3 is 0 Å². The lowest BCUT2D eigenvalue weighted by Crippen LogP contribution is -2.06. The van der Waals surface area contributed by atoms with Crippen LogP contribution in [0.4, 0.5) is 0 Å². The van der Waals surface area contributed by atoms with E-state index in [-0.39, 0.29) is 6.61 Å². The molecule has 16 heavy (non-hydrogen) atoms. The van der Waals surface area contributed by atoms with Crippen molar-refractivity contribution in [3.8, 4) is 5.75 Å². The highest BCUT2D eigenvalue weighted by molar-refractivity contribution is 9.10. The van der Waals surface area contributed by atoms with Gasteiger partial charge in [-0.05, 0) is 24.1 Å². The van der Waals surface area contributed by atoms with E-state index in [1.54, 1.807) is 7.11 Å². The van der Waals surface area contributed by atoms with Gasteiger partial charge in [0.15, 0.2) is 0 Å². The quantitative estimate of drug-likeness (QED) is 0.781. The lowest BCUT2D eigenvalue weighted by molar-refractivity contribution is 0.325. The molecule has 1 rings (SSSR count). The summed E-state index contributed by atoms with van der Waals surface area (Å²) in [5.41, 5.74) is 0.976. The van der Waals surface area contributed by atoms with Crippen molar-refractivity contribution in [2.45, 2.75) is 6.42 Å². The highest BCUT2D eigenvalue weighted by atomic mass is 79.9. The first-order chi connectivity index (χ1) is 7.42. The number of halogens is 1. The van der Waals surface area contributed by atoms with E-state index in [2.05, 4.69) is 20.1 Å². The summed E-state index contributed by atoms with van der Waals surface area (Å²) in [4.78, 5) is 0. The smallest absolute Gasteiger partial charge is 0.264 e. The van der Waals surface area contributed by atoms with Gasteiger partial charge in [0.2, 0.25) is 0 Å². The van der Waals surface area contributed by atoms with E-state index in [1.165, 1.54) is 0 Å². The zero-order valence-corrected chi connectivity index (χ0v) is 11.5. The molecule has 0 aliphatic carbocycles. The molecule has 0 N–H and O–H groups in total. The summed E-state index contributed by atoms with van der Waals surface area (Å²) in [5, 5.41) is 0. The lowest BCUT2D eigenvalue weighted by atomic mass is 10.1. The van der Waals surface area contributed by atoms with E-state index in [9.17, 15) is 8.42 Å². The molecule has 90 valence electrons. The Morgan fingerprint density at radius 2 is 2.06 bits per heavy atom. The van der Waals surface area contributed by atoms with Crippen LogP contribution < -0.4 is 4.74 Å². The second-order valence-corrected chi connectivity index (χ2v) is 5.73. The van der Waals surface area contributed by atoms with Crippen LogP contribution in [0.2, 0.25) is 0 Å². The van der Waals surface area contributed by atoms with Crippen LogP contribution in [0.1, 0.15) is 5.56 Å². The highest BCUT2D eigenvalue weighted by Gasteiger charge is 2.05. The van der Waals surface area contributed by atoms with Gasteiger partial charge in [0.25, 0.3) is 10.1 Å². The fraction of sp³-hybridized carbons (Fsp3) is 0.400. The van der Waals surface area contributed by atoms with Crippen molar-refractivity contribution in [3.63, 3.8) is 0 Å². The monoisotopic (exact) mass is 308 g/mol. The largest absolute Gasteiger partial charge is 0.497 e. The first-order valence-electron chi connectivity index (χ1n) is 4.59. The van der Waals surface area contributed by atoms with Gasteiger partial charge in [0.05, 0.1) is 20.0 Å². The van der Waals surface area contributed by atoms with Gasteiger partial charge in [0.1, 0.15) is 5.75 Å². The Labute approximate surface area is 104 Å². The Morgan fingerprint density at radius 1 is 1.38 bits per heavy atom. The van der Waals surface area contributed by atoms with Crippen LogP contribution in [0.3, 0.4) is 0 Å². The minimum Gasteiger partial charge on any atom is -0.497 e. The van der Waals surface area contributed by atoms with Crippen LogP contribution in [0.5, 0.6) is 5.75 Å². The van der Waals surface area contributed by atoms with Gasteiger partial charge in [0, 0.05) is 4.47 Å². The normalized spacial score (nSPS) is 11.4. The average molecular weight is 309 g/mol. The maximum absolute atomic E-state index is 10.8. The third-order valence-electron chi connectivity index (χ3n) is 1.93. The molecule has 0 radical (unpaired) electrons. The summed E-state index contributed by atoms with van der Waals surface area (Å²) >= 11 is 3.38. The van der Waals surface area contributed by atoms with Gasteiger partial charge in [-0.25, -0.2) is 0 Å². The molecule has 1 aromatic carbocycles. The molecule has 1 aromatic rings. The number of ether oxygens (including phenoxy) is 1. The van der Waals surface area contributed by atoms with Gasteiger partial charge in [-0.15, -0.1) is 0 Å². The van der Waals surface area contributed by atoms with E-state index in [1.807, 2.05) is 18.2 Å². The van der Waals surface area contributed by atoms with Crippen LogP contribution in [-0.2, 0) is 20.7 Å². The number of rotatable bonds is 5. The maximum Gasteiger partial charge on any atom is 0.264 e. The molecule has 0 fully saturated rings. The minimum atomic E-state index is -3.36. The van der Waals surface area contributed by atoms with Crippen LogP contribution >= 0.6 is 15.9 Å². The van der Waals surface area contributed by atoms with Gasteiger partial charge in [-0.1, -0.05) is 22.0 Å². The second-order valence-electron chi connectivity index (χ2n) is 3.23. The molecule has 0 aromatic heterocycles. The number of hydrogen-bond acceptors (Lipinski definition) is 4. The molecule has 0 aliphatic rings. The molecule has 0 saturated carbocycles. The summed E-state index contributed by atoms with van der Waals surface area (Å²) in [6.07, 6.45) is 1.56. The van der Waals surface area contributed by atoms with Gasteiger partial charge in [-0.3, -0.25) is 4.18 Å². The van der Waals surface area contributed by atoms with Gasteiger partial charge in [-0.2, -0.15) is 8.42 Å². The van der Waals surface area contributed by atoms with Crippen LogP contribution in [0, 0.1) is 0 Å². The first kappa shape index (κ1) is 13.5. The zero-order chi connectivity index (χ0) is 12.2. The van der Waals surface area contributed by atoms with E-state index >= 15 is 0 Å². The Morgan fingerprint density at radius 3 is 2.56 bits per heavy atom. The average Bonchev–Trinajstić information content (AvgIpc) is 2.18. The molecular weight excluding hydrogens is 296 g/mol. The Bertz CT molecular complexity index is 456. The first-order valence-corrected chi connectivity index (χ1v) is 7.20. The summed E-state index contributed by atoms with van der Waals surface area (Å²) in [7, 11) is -1.77. The lowest BCUT2D eigenvalue weighted by Gasteiger charge is -2.06. The van der Waals surface area contributed by atoms with E-state index < -0.39 is 10.1 Å². The Kier molecular flexibility index (Phi) is 4.76. The SMILES string of the molecule is COc1ccc(CCOS(C)(=O)=O)c(Br)c1. The van der Waals surface area contributed by atoms with E-state index in [4.69, 9.17) is 4.74 Å². The van der Waals surface area contributed by atoms with E-state index in [0.717, 1.165) is 22.0 Å². The van der Waals surface area contributed by atoms with Crippen molar-refractivity contribution in [2.75, 3.05) is 20.0 Å². The minimum absolute atomic E-state index is 0.143. The maximum atomic E-state index is 10.8. The number of benzene rings is 1. The van der Waals surface area contributed by atoms with Crippen molar-refractivity contribution >= 4 is 26.0 Å². The van der Waals surface area contributed by atoms with Crippen LogP contribution in [-0.4, -0.2) is 28.4 Å². The van der Waals surface area contributed by atoms with E-state index in [0.29, 0.717) is 6.42 Å². The van der Waals surface area contributed by atoms with Crippen molar-refractivity contribution < 1.29 is 17.3 Å². The number of methoxy groups -OCH3 is 1. The van der Waals surface area contributed by atoms with Crippen molar-refractivity contribution in [2.24, 2.45) is 0 Å². The van der Waals surface area contributed by atoms with Crippen molar-refractivity contribution in [1.29, 1.82) is 0 Å². The summed E-state index contributed by atoms with van der Waals surface area (Å²) in [6.45, 7) is 0.143. The molecule has 0 spiro atoms. The Hall–Kier alpha value is -0.590. The summed E-state index contributed by atoms with van der Waals surface area (Å²) in [6, 6.07) is 5.52. The van der Waals surface area contributed by atoms with Crippen LogP contribution in [0.15, 0.2) is 22.7 Å². The van der Waals surface area contributed by atoms with Crippen molar-refractivity contribution in [1.82, 2.24) is 0 Å². The zero-order valence-electron chi connectivity index (χ0n) is 9.07. The summed E-state index contributed by atoms with van der Waals surface area (Å²) in [5.74, 6) is 0.750. The number of hydrogen-bond donors (Lipinski definition) is 0. The predicted molar refractivity (Wildman–Crippen MR) is 65.2 cm³/mol. The standard InChI is InChI=1S/C10H13BrO4S/c1-14-9-4-3-8(10(11)7-9)5-6-15-16(2,12)13/h3-4,7H,5-6H2,1-2H3. The molecule has 0 atom stereocenters. The second kappa shape index (κ2) is 5.65. The molecule has 0 aliphatic heterocycles. The topological polar surface area (TPSA) is 52.6 Å². The Balaban J connectivity index is 2.61. The molecule has 0 amide bonds. The molecule has 0 heterocycles.